The Bertz CT molecular complexity index is 1790. The van der Waals surface area contributed by atoms with Gasteiger partial charge in [0.1, 0.15) is 30.0 Å². The first-order valence-electron chi connectivity index (χ1n) is 16.9. The summed E-state index contributed by atoms with van der Waals surface area (Å²) in [7, 11) is 1.43. The molecule has 4 rings (SSSR count). The van der Waals surface area contributed by atoms with Gasteiger partial charge in [-0.25, -0.2) is 14.0 Å². The molecule has 4 amide bonds. The Labute approximate surface area is 308 Å². The van der Waals surface area contributed by atoms with E-state index in [0.29, 0.717) is 5.56 Å². The quantitative estimate of drug-likeness (QED) is 0.249. The topological polar surface area (TPSA) is 137 Å². The van der Waals surface area contributed by atoms with E-state index < -0.39 is 58.0 Å². The highest BCUT2D eigenvalue weighted by atomic mass is 32.2. The van der Waals surface area contributed by atoms with Gasteiger partial charge < -0.3 is 29.9 Å². The van der Waals surface area contributed by atoms with Crippen LogP contribution in [0.15, 0.2) is 72.8 Å². The molecule has 3 aromatic carbocycles. The number of amides is 4. The Morgan fingerprint density at radius 2 is 1.56 bits per heavy atom. The van der Waals surface area contributed by atoms with E-state index in [1.807, 2.05) is 44.4 Å². The monoisotopic (exact) mass is 734 g/mol. The molecule has 0 saturated heterocycles. The number of hydrogen-bond acceptors (Lipinski definition) is 7. The molecule has 1 aliphatic rings. The Morgan fingerprint density at radius 1 is 0.942 bits per heavy atom. The van der Waals surface area contributed by atoms with Crippen molar-refractivity contribution in [3.63, 3.8) is 0 Å². The fourth-order valence-electron chi connectivity index (χ4n) is 5.85. The maximum atomic E-state index is 15.0. The molecule has 1 aliphatic heterocycles. The van der Waals surface area contributed by atoms with Crippen LogP contribution >= 0.6 is 11.8 Å². The number of benzene rings is 3. The zero-order valence-corrected chi connectivity index (χ0v) is 31.5. The molecule has 13 heteroatoms. The van der Waals surface area contributed by atoms with Gasteiger partial charge in [-0.3, -0.25) is 14.4 Å². The van der Waals surface area contributed by atoms with Crippen molar-refractivity contribution < 1.29 is 38.2 Å². The number of carbonyl (C=O) groups is 5. The number of likely N-dealkylation sites (N-methyl/N-ethyl adjacent to an activating group) is 1. The number of carbonyl (C=O) groups excluding carboxylic acids is 4. The highest BCUT2D eigenvalue weighted by Crippen LogP contribution is 2.32. The molecule has 0 bridgehead atoms. The molecular formula is C39H47FN4O7S. The molecule has 2 N–H and O–H groups in total. The lowest BCUT2D eigenvalue weighted by atomic mass is 9.91. The first-order valence-corrected chi connectivity index (χ1v) is 18.1. The molecule has 0 aliphatic carbocycles. The number of ether oxygens (including phenoxy) is 1. The van der Waals surface area contributed by atoms with E-state index in [1.54, 1.807) is 51.1 Å². The summed E-state index contributed by atoms with van der Waals surface area (Å²) in [6.07, 6.45) is 1.30. The van der Waals surface area contributed by atoms with Crippen molar-refractivity contribution in [2.24, 2.45) is 0 Å². The lowest BCUT2D eigenvalue weighted by Gasteiger charge is -2.43. The van der Waals surface area contributed by atoms with Gasteiger partial charge in [-0.05, 0) is 75.8 Å². The van der Waals surface area contributed by atoms with E-state index in [0.717, 1.165) is 16.0 Å². The zero-order chi connectivity index (χ0) is 38.4. The molecule has 0 fully saturated rings. The van der Waals surface area contributed by atoms with Gasteiger partial charge in [-0.15, -0.1) is 0 Å². The number of carboxylic acids is 1. The summed E-state index contributed by atoms with van der Waals surface area (Å²) in [4.78, 5) is 71.1. The van der Waals surface area contributed by atoms with Gasteiger partial charge in [0, 0.05) is 43.4 Å². The average molecular weight is 735 g/mol. The number of halogens is 1. The molecule has 2 atom stereocenters. The molecule has 1 heterocycles. The van der Waals surface area contributed by atoms with E-state index in [-0.39, 0.29) is 43.7 Å². The maximum absolute atomic E-state index is 15.0. The summed E-state index contributed by atoms with van der Waals surface area (Å²) in [6, 6.07) is 17.6. The van der Waals surface area contributed by atoms with Crippen molar-refractivity contribution in [3.05, 3.63) is 106 Å². The largest absolute Gasteiger partial charge is 0.478 e. The van der Waals surface area contributed by atoms with Crippen molar-refractivity contribution >= 4 is 41.5 Å². The number of nitrogens with zero attached hydrogens (tertiary/aromatic N) is 3. The minimum atomic E-state index is -1.11. The highest BCUT2D eigenvalue weighted by Gasteiger charge is 2.44. The van der Waals surface area contributed by atoms with Crippen molar-refractivity contribution in [1.82, 2.24) is 20.0 Å². The molecule has 0 aromatic heterocycles. The summed E-state index contributed by atoms with van der Waals surface area (Å²) >= 11 is 1.37. The highest BCUT2D eigenvalue weighted by molar-refractivity contribution is 8.00. The van der Waals surface area contributed by atoms with Crippen LogP contribution in [0.25, 0.3) is 0 Å². The number of nitrogens with one attached hydrogen (secondary N) is 1. The summed E-state index contributed by atoms with van der Waals surface area (Å²) < 4.78 is 19.5. The minimum Gasteiger partial charge on any atom is -0.478 e. The molecule has 11 nitrogen and oxygen atoms in total. The third kappa shape index (κ3) is 10.1. The van der Waals surface area contributed by atoms with Crippen LogP contribution in [0.5, 0.6) is 0 Å². The van der Waals surface area contributed by atoms with Crippen LogP contribution < -0.4 is 5.32 Å². The third-order valence-electron chi connectivity index (χ3n) is 8.88. The number of aromatic carboxylic acids is 1. The van der Waals surface area contributed by atoms with E-state index in [9.17, 15) is 29.1 Å². The molecule has 1 unspecified atom stereocenters. The molecule has 0 spiro atoms. The van der Waals surface area contributed by atoms with Crippen molar-refractivity contribution in [2.75, 3.05) is 19.8 Å². The third-order valence-corrected chi connectivity index (χ3v) is 10.2. The van der Waals surface area contributed by atoms with E-state index in [2.05, 4.69) is 5.32 Å². The minimum absolute atomic E-state index is 0.0146. The number of carboxylic acid groups (broad SMARTS) is 1. The molecule has 278 valence electrons. The zero-order valence-electron chi connectivity index (χ0n) is 30.6. The summed E-state index contributed by atoms with van der Waals surface area (Å²) in [6.45, 7) is 8.41. The van der Waals surface area contributed by atoms with Crippen molar-refractivity contribution in [3.8, 4) is 0 Å². The Morgan fingerprint density at radius 3 is 2.15 bits per heavy atom. The predicted molar refractivity (Wildman–Crippen MR) is 197 cm³/mol. The number of hydrogen-bond donors (Lipinski definition) is 2. The second-order valence-corrected chi connectivity index (χ2v) is 15.8. The second-order valence-electron chi connectivity index (χ2n) is 14.4. The molecule has 52 heavy (non-hydrogen) atoms. The summed E-state index contributed by atoms with van der Waals surface area (Å²) in [5.41, 5.74) is 1.93. The van der Waals surface area contributed by atoms with E-state index in [1.165, 1.54) is 46.8 Å². The standard InChI is InChI=1S/C39H47FN4O7S/c1-38(2,3)51-37(50)42(6)24-32(45)41-33(39(4,5)52-7)35(47)44-23-28-13-9-8-12-27(28)20-31(44)34(46)43(22-29-14-10-11-15-30(29)40)21-25-16-18-26(19-17-25)36(48)49/h8-19,31,33H,20-24H2,1-7H3,(H,41,45)(H,48,49)/t31-,33?/m0/s1. The smallest absolute Gasteiger partial charge is 0.410 e. The van der Waals surface area contributed by atoms with Crippen molar-refractivity contribution in [2.45, 2.75) is 83.1 Å². The van der Waals surface area contributed by atoms with Gasteiger partial charge in [-0.2, -0.15) is 11.8 Å². The average Bonchev–Trinajstić information content (AvgIpc) is 3.09. The normalized spacial score (nSPS) is 14.8. The number of fused-ring (bicyclic) bond motifs is 1. The van der Waals surface area contributed by atoms with Gasteiger partial charge in [0.15, 0.2) is 0 Å². The maximum Gasteiger partial charge on any atom is 0.410 e. The van der Waals surface area contributed by atoms with Gasteiger partial charge in [0.05, 0.1) is 5.56 Å². The summed E-state index contributed by atoms with van der Waals surface area (Å²) in [5.74, 6) is -3.10. The van der Waals surface area contributed by atoms with Gasteiger partial charge >= 0.3 is 12.1 Å². The van der Waals surface area contributed by atoms with Crippen LogP contribution in [0.2, 0.25) is 0 Å². The lowest BCUT2D eigenvalue weighted by molar-refractivity contribution is -0.150. The Balaban J connectivity index is 1.70. The molecular weight excluding hydrogens is 688 g/mol. The SMILES string of the molecule is CSC(C)(C)C(NC(=O)CN(C)C(=O)OC(C)(C)C)C(=O)N1Cc2ccccc2C[C@H]1C(=O)N(Cc1ccc(C(=O)O)cc1)Cc1ccccc1F. The van der Waals surface area contributed by atoms with Crippen LogP contribution in [-0.2, 0) is 45.2 Å². The van der Waals surface area contributed by atoms with Crippen LogP contribution in [-0.4, -0.2) is 91.9 Å². The predicted octanol–water partition coefficient (Wildman–Crippen LogP) is 5.50. The first-order chi connectivity index (χ1) is 24.4. The number of thioether (sulfide) groups is 1. The fraction of sp³-hybridized carbons (Fsp3) is 0.410. The second kappa shape index (κ2) is 16.6. The van der Waals surface area contributed by atoms with Gasteiger partial charge in [0.25, 0.3) is 0 Å². The fourth-order valence-corrected chi connectivity index (χ4v) is 6.24. The van der Waals surface area contributed by atoms with Gasteiger partial charge in [0.2, 0.25) is 17.7 Å². The van der Waals surface area contributed by atoms with E-state index in [4.69, 9.17) is 4.74 Å². The Hall–Kier alpha value is -4.91. The van der Waals surface area contributed by atoms with Crippen molar-refractivity contribution in [1.29, 1.82) is 0 Å². The lowest BCUT2D eigenvalue weighted by Crippen LogP contribution is -2.63. The molecule has 3 aromatic rings. The molecule has 0 saturated carbocycles. The van der Waals surface area contributed by atoms with Crippen LogP contribution in [0.3, 0.4) is 0 Å². The molecule has 0 radical (unpaired) electrons. The number of rotatable bonds is 12. The Kier molecular flexibility index (Phi) is 12.7. The van der Waals surface area contributed by atoms with E-state index >= 15 is 4.39 Å². The summed E-state index contributed by atoms with van der Waals surface area (Å²) in [5, 5.41) is 12.2. The van der Waals surface area contributed by atoms with Crippen LogP contribution in [0.1, 0.15) is 67.2 Å². The van der Waals surface area contributed by atoms with Gasteiger partial charge in [-0.1, -0.05) is 54.6 Å². The first kappa shape index (κ1) is 39.9. The van der Waals surface area contributed by atoms with Crippen LogP contribution in [0, 0.1) is 5.82 Å². The van der Waals surface area contributed by atoms with Crippen LogP contribution in [0.4, 0.5) is 9.18 Å².